The second-order valence-corrected chi connectivity index (χ2v) is 10.2. The molecule has 38 heavy (non-hydrogen) atoms. The van der Waals surface area contributed by atoms with Gasteiger partial charge in [-0.1, -0.05) is 66.7 Å². The lowest BCUT2D eigenvalue weighted by Gasteiger charge is -2.09. The van der Waals surface area contributed by atoms with Crippen LogP contribution in [-0.2, 0) is 0 Å². The van der Waals surface area contributed by atoms with Crippen LogP contribution in [0.4, 0.5) is 0 Å². The lowest BCUT2D eigenvalue weighted by molar-refractivity contribution is 1.06. The second-order valence-electron chi connectivity index (χ2n) is 9.19. The molecule has 4 heterocycles. The quantitative estimate of drug-likeness (QED) is 0.244. The van der Waals surface area contributed by atoms with Gasteiger partial charge in [-0.25, -0.2) is 15.0 Å². The van der Waals surface area contributed by atoms with Gasteiger partial charge in [0.2, 0.25) is 0 Å². The Morgan fingerprint density at radius 1 is 0.579 bits per heavy atom. The third-order valence-corrected chi connectivity index (χ3v) is 8.19. The van der Waals surface area contributed by atoms with Crippen molar-refractivity contribution in [1.29, 1.82) is 0 Å². The van der Waals surface area contributed by atoms with Crippen molar-refractivity contribution in [3.8, 4) is 28.5 Å². The van der Waals surface area contributed by atoms with Crippen LogP contribution in [-0.4, -0.2) is 24.5 Å². The van der Waals surface area contributed by atoms with Gasteiger partial charge in [-0.3, -0.25) is 4.98 Å². The highest BCUT2D eigenvalue weighted by molar-refractivity contribution is 7.26. The Kier molecular flexibility index (Phi) is 4.62. The fourth-order valence-corrected chi connectivity index (χ4v) is 6.49. The third kappa shape index (κ3) is 3.17. The maximum atomic E-state index is 4.95. The van der Waals surface area contributed by atoms with Crippen molar-refractivity contribution in [2.75, 3.05) is 0 Å². The van der Waals surface area contributed by atoms with Crippen LogP contribution in [0.25, 0.3) is 70.6 Å². The lowest BCUT2D eigenvalue weighted by atomic mass is 10.1. The number of para-hydroxylation sites is 1. The van der Waals surface area contributed by atoms with Crippen molar-refractivity contribution < 1.29 is 0 Å². The van der Waals surface area contributed by atoms with E-state index >= 15 is 0 Å². The molecule has 0 saturated carbocycles. The summed E-state index contributed by atoms with van der Waals surface area (Å²) in [6, 6.07) is 35.5. The predicted octanol–water partition coefficient (Wildman–Crippen LogP) is 8.07. The minimum Gasteiger partial charge on any atom is -0.308 e. The summed E-state index contributed by atoms with van der Waals surface area (Å²) in [5.41, 5.74) is 6.32. The van der Waals surface area contributed by atoms with Crippen LogP contribution in [0.2, 0.25) is 0 Å². The van der Waals surface area contributed by atoms with Crippen LogP contribution in [0.1, 0.15) is 0 Å². The number of thiophene rings is 1. The average molecular weight is 506 g/mol. The monoisotopic (exact) mass is 505 g/mol. The summed E-state index contributed by atoms with van der Waals surface area (Å²) >= 11 is 1.82. The van der Waals surface area contributed by atoms with E-state index in [2.05, 4.69) is 87.3 Å². The molecule has 178 valence electrons. The van der Waals surface area contributed by atoms with Gasteiger partial charge in [0.25, 0.3) is 0 Å². The Balaban J connectivity index is 1.30. The van der Waals surface area contributed by atoms with Crippen molar-refractivity contribution in [1.82, 2.24) is 24.5 Å². The molecule has 0 bridgehead atoms. The Morgan fingerprint density at radius 2 is 1.26 bits per heavy atom. The van der Waals surface area contributed by atoms with Gasteiger partial charge in [-0.15, -0.1) is 11.3 Å². The first-order valence-corrected chi connectivity index (χ1v) is 13.2. The number of hydrogen-bond donors (Lipinski definition) is 0. The second kappa shape index (κ2) is 8.30. The van der Waals surface area contributed by atoms with Gasteiger partial charge in [-0.2, -0.15) is 0 Å². The van der Waals surface area contributed by atoms with E-state index in [-0.39, 0.29) is 0 Å². The van der Waals surface area contributed by atoms with Crippen molar-refractivity contribution >= 4 is 53.4 Å². The molecule has 0 amide bonds. The van der Waals surface area contributed by atoms with Crippen LogP contribution in [0.15, 0.2) is 116 Å². The fraction of sp³-hybridized carbons (Fsp3) is 0. The van der Waals surface area contributed by atoms with Gasteiger partial charge in [0.15, 0.2) is 11.6 Å². The molecule has 4 aromatic heterocycles. The zero-order valence-electron chi connectivity index (χ0n) is 20.1. The van der Waals surface area contributed by atoms with Crippen molar-refractivity contribution in [2.45, 2.75) is 0 Å². The van der Waals surface area contributed by atoms with E-state index in [9.17, 15) is 0 Å². The van der Waals surface area contributed by atoms with Crippen LogP contribution >= 0.6 is 11.3 Å². The molecule has 6 heteroatoms. The van der Waals surface area contributed by atoms with Crippen molar-refractivity contribution in [3.05, 3.63) is 116 Å². The Hall–Kier alpha value is -4.94. The molecule has 0 aliphatic carbocycles. The summed E-state index contributed by atoms with van der Waals surface area (Å²) < 4.78 is 4.79. The molecule has 0 N–H and O–H groups in total. The number of rotatable bonds is 3. The van der Waals surface area contributed by atoms with E-state index < -0.39 is 0 Å². The van der Waals surface area contributed by atoms with Gasteiger partial charge >= 0.3 is 0 Å². The van der Waals surface area contributed by atoms with Crippen LogP contribution < -0.4 is 0 Å². The first-order valence-electron chi connectivity index (χ1n) is 12.4. The number of benzene rings is 4. The van der Waals surface area contributed by atoms with E-state index in [1.807, 2.05) is 47.9 Å². The Labute approximate surface area is 221 Å². The molecule has 0 saturated heterocycles. The van der Waals surface area contributed by atoms with E-state index in [0.717, 1.165) is 33.4 Å². The molecule has 0 aliphatic rings. The smallest absolute Gasteiger partial charge is 0.163 e. The topological polar surface area (TPSA) is 56.5 Å². The normalized spacial score (nSPS) is 11.7. The number of nitrogens with zero attached hydrogens (tertiary/aromatic N) is 5. The SMILES string of the molecule is c1ccc(-c2ncnc(-c3ccc(-n4c5ccccc5c5c6sc7ccccc7c6ncc54)cc3)n2)cc1. The highest BCUT2D eigenvalue weighted by Gasteiger charge is 2.18. The fourth-order valence-electron chi connectivity index (χ4n) is 5.28. The number of pyridine rings is 1. The first kappa shape index (κ1) is 21.2. The molecule has 4 aromatic carbocycles. The predicted molar refractivity (Wildman–Crippen MR) is 156 cm³/mol. The highest BCUT2D eigenvalue weighted by Crippen LogP contribution is 2.42. The standard InChI is InChI=1S/C32H19N5S/c1-2-8-20(9-3-1)31-34-19-35-32(36-31)21-14-16-22(17-15-21)37-25-12-6-4-10-23(25)28-26(37)18-33-29-24-11-5-7-13-27(24)38-30(28)29/h1-19H. The van der Waals surface area contributed by atoms with Crippen molar-refractivity contribution in [3.63, 3.8) is 0 Å². The third-order valence-electron chi connectivity index (χ3n) is 7.01. The minimum atomic E-state index is 0.654. The summed E-state index contributed by atoms with van der Waals surface area (Å²) in [6.07, 6.45) is 3.59. The Morgan fingerprint density at radius 3 is 2.08 bits per heavy atom. The largest absolute Gasteiger partial charge is 0.308 e. The summed E-state index contributed by atoms with van der Waals surface area (Å²) in [6.45, 7) is 0. The molecular formula is C32H19N5S. The average Bonchev–Trinajstić information content (AvgIpc) is 3.54. The number of fused-ring (bicyclic) bond motifs is 7. The molecule has 0 fully saturated rings. The summed E-state index contributed by atoms with van der Waals surface area (Å²) in [4.78, 5) is 18.5. The Bertz CT molecular complexity index is 2130. The minimum absolute atomic E-state index is 0.654. The van der Waals surface area contributed by atoms with Gasteiger partial charge in [-0.05, 0) is 36.4 Å². The van der Waals surface area contributed by atoms with E-state index in [1.54, 1.807) is 6.33 Å². The highest BCUT2D eigenvalue weighted by atomic mass is 32.1. The first-order chi connectivity index (χ1) is 18.8. The summed E-state index contributed by atoms with van der Waals surface area (Å²) in [7, 11) is 0. The molecule has 0 spiro atoms. The molecule has 0 unspecified atom stereocenters. The van der Waals surface area contributed by atoms with Gasteiger partial charge in [0, 0.05) is 37.7 Å². The van der Waals surface area contributed by atoms with Crippen LogP contribution in [0.5, 0.6) is 0 Å². The molecule has 5 nitrogen and oxygen atoms in total. The molecular weight excluding hydrogens is 486 g/mol. The zero-order valence-corrected chi connectivity index (χ0v) is 20.9. The van der Waals surface area contributed by atoms with E-state index in [1.165, 1.54) is 25.6 Å². The number of aromatic nitrogens is 5. The van der Waals surface area contributed by atoms with E-state index in [0.29, 0.717) is 11.6 Å². The molecule has 8 rings (SSSR count). The lowest BCUT2D eigenvalue weighted by Crippen LogP contribution is -1.97. The van der Waals surface area contributed by atoms with Crippen LogP contribution in [0.3, 0.4) is 0 Å². The van der Waals surface area contributed by atoms with Gasteiger partial charge in [0.05, 0.1) is 27.4 Å². The summed E-state index contributed by atoms with van der Waals surface area (Å²) in [5.74, 6) is 1.32. The molecule has 0 radical (unpaired) electrons. The molecule has 8 aromatic rings. The molecule has 0 aliphatic heterocycles. The molecule has 0 atom stereocenters. The van der Waals surface area contributed by atoms with Crippen molar-refractivity contribution in [2.24, 2.45) is 0 Å². The van der Waals surface area contributed by atoms with Gasteiger partial charge in [0.1, 0.15) is 6.33 Å². The number of hydrogen-bond acceptors (Lipinski definition) is 5. The van der Waals surface area contributed by atoms with E-state index in [4.69, 9.17) is 9.97 Å². The van der Waals surface area contributed by atoms with Crippen LogP contribution in [0, 0.1) is 0 Å². The van der Waals surface area contributed by atoms with Gasteiger partial charge < -0.3 is 4.57 Å². The summed E-state index contributed by atoms with van der Waals surface area (Å²) in [5, 5.41) is 3.69. The maximum absolute atomic E-state index is 4.95. The zero-order chi connectivity index (χ0) is 25.1. The maximum Gasteiger partial charge on any atom is 0.163 e.